The maximum atomic E-state index is 12.0. The number of ether oxygens (including phenoxy) is 2. The molecule has 1 atom stereocenters. The predicted molar refractivity (Wildman–Crippen MR) is 72.1 cm³/mol. The molecule has 0 aliphatic heterocycles. The Kier molecular flexibility index (Phi) is 7.00. The van der Waals surface area contributed by atoms with Gasteiger partial charge >= 0.3 is 35.5 Å². The molecule has 6 heteroatoms. The van der Waals surface area contributed by atoms with Gasteiger partial charge in [-0.2, -0.15) is 0 Å². The fourth-order valence-electron chi connectivity index (χ4n) is 2.43. The largest absolute Gasteiger partial charge is 1.00 e. The zero-order chi connectivity index (χ0) is 15.4. The molecule has 0 saturated heterocycles. The van der Waals surface area contributed by atoms with Gasteiger partial charge < -0.3 is 19.7 Å². The number of carbonyl (C=O) groups excluding carboxylic acids is 1. The van der Waals surface area contributed by atoms with E-state index >= 15 is 0 Å². The average molecular weight is 311 g/mol. The summed E-state index contributed by atoms with van der Waals surface area (Å²) in [6.07, 6.45) is 1.01. The van der Waals surface area contributed by atoms with Crippen molar-refractivity contribution in [2.75, 3.05) is 13.7 Å². The molecule has 0 aromatic heterocycles. The molecule has 22 heavy (non-hydrogen) atoms. The van der Waals surface area contributed by atoms with Crippen LogP contribution in [0, 0.1) is 0 Å². The summed E-state index contributed by atoms with van der Waals surface area (Å²) >= 11 is 0. The van der Waals surface area contributed by atoms with Crippen LogP contribution >= 0.6 is 0 Å². The quantitative estimate of drug-likeness (QED) is 0.458. The van der Waals surface area contributed by atoms with Gasteiger partial charge in [0.15, 0.2) is 0 Å². The van der Waals surface area contributed by atoms with E-state index in [4.69, 9.17) is 9.47 Å². The Hall–Kier alpha value is -1.43. The van der Waals surface area contributed by atoms with Crippen LogP contribution in [0.3, 0.4) is 0 Å². The van der Waals surface area contributed by atoms with E-state index in [2.05, 4.69) is 0 Å². The summed E-state index contributed by atoms with van der Waals surface area (Å²) in [5, 5.41) is 23.7. The van der Waals surface area contributed by atoms with Crippen LogP contribution < -0.4 is 44.5 Å². The third-order valence-electron chi connectivity index (χ3n) is 3.32. The van der Waals surface area contributed by atoms with Gasteiger partial charge in [-0.3, -0.25) is 0 Å². The summed E-state index contributed by atoms with van der Waals surface area (Å²) in [7, 11) is 1.50. The minimum Gasteiger partial charge on any atom is -0.875 e. The third kappa shape index (κ3) is 3.85. The predicted octanol–water partition coefficient (Wildman–Crippen LogP) is -2.39. The van der Waals surface area contributed by atoms with Gasteiger partial charge in [-0.1, -0.05) is 30.0 Å². The second-order valence-corrected chi connectivity index (χ2v) is 4.61. The monoisotopic (exact) mass is 311 g/mol. The molecule has 1 aromatic rings. The second-order valence-electron chi connectivity index (χ2n) is 4.61. The smallest absolute Gasteiger partial charge is 0.875 e. The van der Waals surface area contributed by atoms with Crippen molar-refractivity contribution in [3.05, 3.63) is 53.0 Å². The van der Waals surface area contributed by atoms with Gasteiger partial charge in [0, 0.05) is 17.1 Å². The molecular weight excluding hydrogens is 295 g/mol. The van der Waals surface area contributed by atoms with E-state index in [1.165, 1.54) is 7.11 Å². The molecule has 2 rings (SSSR count). The van der Waals surface area contributed by atoms with Crippen LogP contribution in [-0.2, 0) is 9.53 Å². The Morgan fingerprint density at radius 2 is 2.00 bits per heavy atom. The van der Waals surface area contributed by atoms with E-state index < -0.39 is 17.6 Å². The van der Waals surface area contributed by atoms with Gasteiger partial charge in [-0.15, -0.1) is 5.76 Å². The molecule has 1 aliphatic rings. The summed E-state index contributed by atoms with van der Waals surface area (Å²) < 4.78 is 10.2. The number of methoxy groups -OCH3 is 1. The van der Waals surface area contributed by atoms with Gasteiger partial charge in [-0.25, -0.2) is 4.79 Å². The standard InChI is InChI=1S/C16H18O5.Na/c1-3-21-16(19)15-12(8-10(17)9-13(15)18)11-6-4-5-7-14(11)20-2;/h4-7,9,12,17-18H,3,8H2,1-2H3;/q;+1/p-2. The zero-order valence-corrected chi connectivity index (χ0v) is 14.9. The maximum absolute atomic E-state index is 12.0. The first-order valence-corrected chi connectivity index (χ1v) is 6.67. The molecule has 0 bridgehead atoms. The summed E-state index contributed by atoms with van der Waals surface area (Å²) in [4.78, 5) is 12.0. The van der Waals surface area contributed by atoms with Crippen LogP contribution in [0.1, 0.15) is 24.8 Å². The normalized spacial score (nSPS) is 17.4. The van der Waals surface area contributed by atoms with E-state index in [1.807, 2.05) is 0 Å². The van der Waals surface area contributed by atoms with Crippen LogP contribution in [0.2, 0.25) is 0 Å². The van der Waals surface area contributed by atoms with E-state index in [-0.39, 0.29) is 53.9 Å². The Bertz CT molecular complexity index is 606. The number of hydrogen-bond acceptors (Lipinski definition) is 5. The first-order valence-electron chi connectivity index (χ1n) is 6.67. The molecular formula is C16H16NaO5-. The Morgan fingerprint density at radius 1 is 1.32 bits per heavy atom. The van der Waals surface area contributed by atoms with Crippen molar-refractivity contribution in [3.63, 3.8) is 0 Å². The van der Waals surface area contributed by atoms with Gasteiger partial charge in [0.1, 0.15) is 5.75 Å². The van der Waals surface area contributed by atoms with Gasteiger partial charge in [0.05, 0.1) is 13.7 Å². The van der Waals surface area contributed by atoms with Gasteiger partial charge in [0.25, 0.3) is 0 Å². The number of esters is 1. The molecule has 1 aliphatic carbocycles. The number of rotatable bonds is 4. The molecule has 1 unspecified atom stereocenters. The van der Waals surface area contributed by atoms with E-state index in [9.17, 15) is 15.0 Å². The van der Waals surface area contributed by atoms with Crippen molar-refractivity contribution in [2.24, 2.45) is 0 Å². The third-order valence-corrected chi connectivity index (χ3v) is 3.32. The molecule has 0 spiro atoms. The molecule has 0 radical (unpaired) electrons. The van der Waals surface area contributed by atoms with Crippen molar-refractivity contribution < 1.29 is 54.0 Å². The average Bonchev–Trinajstić information content (AvgIpc) is 2.46. The van der Waals surface area contributed by atoms with Crippen molar-refractivity contribution >= 4 is 5.97 Å². The van der Waals surface area contributed by atoms with Crippen molar-refractivity contribution in [1.82, 2.24) is 0 Å². The summed E-state index contributed by atoms with van der Waals surface area (Å²) in [5.41, 5.74) is 0.624. The first kappa shape index (κ1) is 18.6. The molecule has 0 N–H and O–H groups in total. The molecule has 1 aromatic carbocycles. The second kappa shape index (κ2) is 8.27. The molecule has 112 valence electrons. The minimum atomic E-state index is -0.679. The zero-order valence-electron chi connectivity index (χ0n) is 12.9. The van der Waals surface area contributed by atoms with Crippen LogP contribution in [0.5, 0.6) is 5.75 Å². The SMILES string of the molecule is CCOC(=O)C1=C([O-])C=C([O-])CC1c1ccccc1OC.[Na+]. The Morgan fingerprint density at radius 3 is 2.64 bits per heavy atom. The van der Waals surface area contributed by atoms with Gasteiger partial charge in [0.2, 0.25) is 0 Å². The minimum absolute atomic E-state index is 0. The topological polar surface area (TPSA) is 81.7 Å². The Balaban J connectivity index is 0.00000242. The molecule has 0 heterocycles. The molecule has 0 fully saturated rings. The fraction of sp³-hybridized carbons (Fsp3) is 0.312. The fourth-order valence-corrected chi connectivity index (χ4v) is 2.43. The first-order chi connectivity index (χ1) is 10.1. The molecule has 0 saturated carbocycles. The van der Waals surface area contributed by atoms with Crippen molar-refractivity contribution in [2.45, 2.75) is 19.3 Å². The number of allylic oxidation sites excluding steroid dienone is 2. The number of para-hydroxylation sites is 1. The summed E-state index contributed by atoms with van der Waals surface area (Å²) in [6, 6.07) is 7.03. The van der Waals surface area contributed by atoms with Crippen LogP contribution in [0.4, 0.5) is 0 Å². The number of hydrogen-bond donors (Lipinski definition) is 0. The maximum Gasteiger partial charge on any atom is 1.00 e. The Labute approximate surface area is 151 Å². The number of carbonyl (C=O) groups is 1. The van der Waals surface area contributed by atoms with E-state index in [0.29, 0.717) is 11.3 Å². The van der Waals surface area contributed by atoms with Gasteiger partial charge in [-0.05, 0) is 19.4 Å². The van der Waals surface area contributed by atoms with E-state index in [1.54, 1.807) is 31.2 Å². The van der Waals surface area contributed by atoms with Crippen molar-refractivity contribution in [3.8, 4) is 5.75 Å². The number of benzene rings is 1. The summed E-state index contributed by atoms with van der Waals surface area (Å²) in [6.45, 7) is 1.83. The van der Waals surface area contributed by atoms with Crippen LogP contribution in [0.25, 0.3) is 0 Å². The molecule has 0 amide bonds. The van der Waals surface area contributed by atoms with Crippen LogP contribution in [-0.4, -0.2) is 19.7 Å². The molecule has 5 nitrogen and oxygen atoms in total. The van der Waals surface area contributed by atoms with Crippen molar-refractivity contribution in [1.29, 1.82) is 0 Å². The van der Waals surface area contributed by atoms with Crippen LogP contribution in [0.15, 0.2) is 47.4 Å². The summed E-state index contributed by atoms with van der Waals surface area (Å²) in [5.74, 6) is -1.66. The van der Waals surface area contributed by atoms with E-state index in [0.717, 1.165) is 6.08 Å².